The van der Waals surface area contributed by atoms with Gasteiger partial charge in [0.2, 0.25) is 0 Å². The number of carbonyl (C=O) groups is 1. The Kier molecular flexibility index (Phi) is 3.58. The summed E-state index contributed by atoms with van der Waals surface area (Å²) in [6, 6.07) is 14.5. The molecule has 1 heterocycles. The summed E-state index contributed by atoms with van der Waals surface area (Å²) in [5.74, 6) is -0.206. The summed E-state index contributed by atoms with van der Waals surface area (Å²) in [5, 5.41) is 3.65. The fourth-order valence-corrected chi connectivity index (χ4v) is 2.52. The fourth-order valence-electron chi connectivity index (χ4n) is 2.14. The lowest BCUT2D eigenvalue weighted by Gasteiger charge is -2.10. The predicted octanol–water partition coefficient (Wildman–Crippen LogP) is 3.83. The Balaban J connectivity index is 1.97. The van der Waals surface area contributed by atoms with Crippen LogP contribution in [0.4, 0.5) is 11.4 Å². The van der Waals surface area contributed by atoms with E-state index in [2.05, 4.69) is 26.2 Å². The van der Waals surface area contributed by atoms with Crippen molar-refractivity contribution in [2.24, 2.45) is 0 Å². The van der Waals surface area contributed by atoms with Gasteiger partial charge in [0.15, 0.2) is 0 Å². The largest absolute Gasteiger partial charge is 0.397 e. The summed E-state index contributed by atoms with van der Waals surface area (Å²) in [4.78, 5) is 16.7. The number of rotatable bonds is 2. The highest BCUT2D eigenvalue weighted by atomic mass is 79.9. The van der Waals surface area contributed by atoms with Gasteiger partial charge in [-0.25, -0.2) is 0 Å². The second-order valence-electron chi connectivity index (χ2n) is 4.56. The van der Waals surface area contributed by atoms with E-state index in [1.54, 1.807) is 24.4 Å². The van der Waals surface area contributed by atoms with Gasteiger partial charge in [-0.1, -0.05) is 28.1 Å². The van der Waals surface area contributed by atoms with E-state index < -0.39 is 0 Å². The predicted molar refractivity (Wildman–Crippen MR) is 88.3 cm³/mol. The fraction of sp³-hybridized carbons (Fsp3) is 0. The van der Waals surface area contributed by atoms with E-state index in [0.717, 1.165) is 15.4 Å². The molecule has 21 heavy (non-hydrogen) atoms. The number of nitrogen functional groups attached to an aromatic ring is 1. The van der Waals surface area contributed by atoms with Crippen LogP contribution >= 0.6 is 15.9 Å². The van der Waals surface area contributed by atoms with Crippen LogP contribution in [0.1, 0.15) is 10.4 Å². The number of pyridine rings is 1. The quantitative estimate of drug-likeness (QED) is 0.696. The van der Waals surface area contributed by atoms with Crippen molar-refractivity contribution >= 4 is 44.1 Å². The molecule has 5 heteroatoms. The molecule has 0 bridgehead atoms. The van der Waals surface area contributed by atoms with Crippen molar-refractivity contribution in [3.8, 4) is 0 Å². The summed E-state index contributed by atoms with van der Waals surface area (Å²) in [7, 11) is 0. The lowest BCUT2D eigenvalue weighted by Crippen LogP contribution is -2.13. The first-order chi connectivity index (χ1) is 10.1. The van der Waals surface area contributed by atoms with E-state index in [1.807, 2.05) is 30.3 Å². The van der Waals surface area contributed by atoms with Crippen molar-refractivity contribution in [2.75, 3.05) is 11.1 Å². The molecule has 104 valence electrons. The molecule has 0 saturated carbocycles. The Hall–Kier alpha value is -2.40. The molecule has 3 N–H and O–H groups in total. The number of amides is 1. The minimum Gasteiger partial charge on any atom is -0.397 e. The second-order valence-corrected chi connectivity index (χ2v) is 5.48. The molecular formula is C16H12BrN3O. The number of hydrogen-bond donors (Lipinski definition) is 2. The molecule has 3 rings (SSSR count). The second kappa shape index (κ2) is 5.54. The van der Waals surface area contributed by atoms with E-state index in [0.29, 0.717) is 16.9 Å². The third-order valence-electron chi connectivity index (χ3n) is 3.15. The summed E-state index contributed by atoms with van der Waals surface area (Å²) in [6.07, 6.45) is 1.71. The van der Waals surface area contributed by atoms with Crippen molar-refractivity contribution in [2.45, 2.75) is 0 Å². The Bertz CT molecular complexity index is 827. The van der Waals surface area contributed by atoms with E-state index >= 15 is 0 Å². The zero-order chi connectivity index (χ0) is 14.8. The van der Waals surface area contributed by atoms with Gasteiger partial charge in [-0.05, 0) is 36.4 Å². The van der Waals surface area contributed by atoms with Crippen LogP contribution in [-0.4, -0.2) is 10.9 Å². The number of anilines is 2. The van der Waals surface area contributed by atoms with Gasteiger partial charge in [-0.15, -0.1) is 0 Å². The number of nitrogens with one attached hydrogen (secondary N) is 1. The summed E-state index contributed by atoms with van der Waals surface area (Å²) in [6.45, 7) is 0. The smallest absolute Gasteiger partial charge is 0.256 e. The average molecular weight is 342 g/mol. The molecule has 0 radical (unpaired) electrons. The molecule has 0 spiro atoms. The van der Waals surface area contributed by atoms with Crippen LogP contribution in [0.25, 0.3) is 10.9 Å². The van der Waals surface area contributed by atoms with Crippen LogP contribution in [0, 0.1) is 0 Å². The van der Waals surface area contributed by atoms with Gasteiger partial charge in [-0.2, -0.15) is 0 Å². The van der Waals surface area contributed by atoms with Crippen LogP contribution in [0.2, 0.25) is 0 Å². The van der Waals surface area contributed by atoms with E-state index in [9.17, 15) is 4.79 Å². The molecule has 0 fully saturated rings. The van der Waals surface area contributed by atoms with Gasteiger partial charge in [0.25, 0.3) is 5.91 Å². The third-order valence-corrected chi connectivity index (χ3v) is 3.65. The normalized spacial score (nSPS) is 10.5. The molecule has 0 aliphatic rings. The lowest BCUT2D eigenvalue weighted by atomic mass is 10.1. The first kappa shape index (κ1) is 13.6. The number of aromatic nitrogens is 1. The lowest BCUT2D eigenvalue weighted by molar-refractivity contribution is 0.102. The Morgan fingerprint density at radius 1 is 1.14 bits per heavy atom. The van der Waals surface area contributed by atoms with Gasteiger partial charge < -0.3 is 11.1 Å². The molecule has 0 aliphatic heterocycles. The topological polar surface area (TPSA) is 68.0 Å². The van der Waals surface area contributed by atoms with Crippen molar-refractivity contribution in [3.05, 3.63) is 64.8 Å². The Morgan fingerprint density at radius 3 is 2.81 bits per heavy atom. The number of fused-ring (bicyclic) bond motifs is 1. The van der Waals surface area contributed by atoms with Gasteiger partial charge >= 0.3 is 0 Å². The van der Waals surface area contributed by atoms with Crippen LogP contribution in [0.15, 0.2) is 59.2 Å². The summed E-state index contributed by atoms with van der Waals surface area (Å²) >= 11 is 3.34. The molecule has 0 unspecified atom stereocenters. The molecule has 1 aromatic heterocycles. The maximum Gasteiger partial charge on any atom is 0.256 e. The number of nitrogens with zero attached hydrogens (tertiary/aromatic N) is 1. The Labute approximate surface area is 130 Å². The van der Waals surface area contributed by atoms with Gasteiger partial charge in [0, 0.05) is 21.6 Å². The summed E-state index contributed by atoms with van der Waals surface area (Å²) < 4.78 is 0.868. The van der Waals surface area contributed by atoms with Gasteiger partial charge in [0.05, 0.1) is 16.9 Å². The van der Waals surface area contributed by atoms with Crippen LogP contribution < -0.4 is 11.1 Å². The number of halogens is 1. The van der Waals surface area contributed by atoms with Crippen LogP contribution in [0.3, 0.4) is 0 Å². The molecule has 3 aromatic rings. The SMILES string of the molecule is Nc1cc(Br)ccc1NC(=O)c1cccc2ncccc12. The minimum atomic E-state index is -0.206. The van der Waals surface area contributed by atoms with Crippen molar-refractivity contribution in [1.82, 2.24) is 4.98 Å². The molecular weight excluding hydrogens is 330 g/mol. The zero-order valence-electron chi connectivity index (χ0n) is 11.0. The van der Waals surface area contributed by atoms with Crippen molar-refractivity contribution in [1.29, 1.82) is 0 Å². The van der Waals surface area contributed by atoms with Crippen LogP contribution in [-0.2, 0) is 0 Å². The number of nitrogens with two attached hydrogens (primary N) is 1. The maximum atomic E-state index is 12.5. The zero-order valence-corrected chi connectivity index (χ0v) is 12.6. The molecule has 4 nitrogen and oxygen atoms in total. The van der Waals surface area contributed by atoms with E-state index in [4.69, 9.17) is 5.73 Å². The highest BCUT2D eigenvalue weighted by Crippen LogP contribution is 2.24. The third kappa shape index (κ3) is 2.73. The number of hydrogen-bond acceptors (Lipinski definition) is 3. The first-order valence-corrected chi connectivity index (χ1v) is 7.14. The summed E-state index contributed by atoms with van der Waals surface area (Å²) in [5.41, 5.74) is 8.36. The van der Waals surface area contributed by atoms with Gasteiger partial charge in [-0.3, -0.25) is 9.78 Å². The molecule has 0 atom stereocenters. The van der Waals surface area contributed by atoms with Gasteiger partial charge in [0.1, 0.15) is 0 Å². The van der Waals surface area contributed by atoms with Crippen molar-refractivity contribution in [3.63, 3.8) is 0 Å². The molecule has 0 aliphatic carbocycles. The van der Waals surface area contributed by atoms with E-state index in [-0.39, 0.29) is 5.91 Å². The average Bonchev–Trinajstić information content (AvgIpc) is 2.49. The highest BCUT2D eigenvalue weighted by molar-refractivity contribution is 9.10. The van der Waals surface area contributed by atoms with E-state index in [1.165, 1.54) is 0 Å². The minimum absolute atomic E-state index is 0.206. The van der Waals surface area contributed by atoms with Crippen LogP contribution in [0.5, 0.6) is 0 Å². The number of carbonyl (C=O) groups excluding carboxylic acids is 1. The number of benzene rings is 2. The maximum absolute atomic E-state index is 12.5. The van der Waals surface area contributed by atoms with Crippen molar-refractivity contribution < 1.29 is 4.79 Å². The standard InChI is InChI=1S/C16H12BrN3O/c17-10-6-7-15(13(18)9-10)20-16(21)12-3-1-5-14-11(12)4-2-8-19-14/h1-9H,18H2,(H,20,21). The molecule has 2 aromatic carbocycles. The highest BCUT2D eigenvalue weighted by Gasteiger charge is 2.11. The monoisotopic (exact) mass is 341 g/mol. The molecule has 1 amide bonds. The molecule has 0 saturated heterocycles. The Morgan fingerprint density at radius 2 is 2.00 bits per heavy atom. The first-order valence-electron chi connectivity index (χ1n) is 6.35.